The van der Waals surface area contributed by atoms with Crippen molar-refractivity contribution >= 4 is 17.7 Å². The highest BCUT2D eigenvalue weighted by molar-refractivity contribution is 5.82. The van der Waals surface area contributed by atoms with Gasteiger partial charge in [0, 0.05) is 6.54 Å². The minimum atomic E-state index is -0.611. The summed E-state index contributed by atoms with van der Waals surface area (Å²) in [6.07, 6.45) is 0. The lowest BCUT2D eigenvalue weighted by atomic mass is 10.4. The van der Waals surface area contributed by atoms with Crippen LogP contribution in [0, 0.1) is 0 Å². The first kappa shape index (κ1) is 13.4. The third-order valence-corrected chi connectivity index (χ3v) is 1.50. The van der Waals surface area contributed by atoms with E-state index >= 15 is 0 Å². The second kappa shape index (κ2) is 6.77. The maximum absolute atomic E-state index is 11.2. The molecule has 0 heterocycles. The molecule has 0 saturated carbocycles. The summed E-state index contributed by atoms with van der Waals surface area (Å²) < 4.78 is 0. The van der Waals surface area contributed by atoms with Crippen molar-refractivity contribution in [1.29, 1.82) is 0 Å². The SMILES string of the molecule is CCNC(=O)CN(CC(N)=O)CC(N)=O. The largest absolute Gasteiger partial charge is 0.369 e. The highest BCUT2D eigenvalue weighted by Crippen LogP contribution is 1.86. The lowest BCUT2D eigenvalue weighted by Gasteiger charge is -2.17. The summed E-state index contributed by atoms with van der Waals surface area (Å²) in [5.41, 5.74) is 9.91. The number of hydrogen-bond donors (Lipinski definition) is 3. The highest BCUT2D eigenvalue weighted by atomic mass is 16.2. The quantitative estimate of drug-likeness (QED) is 0.432. The van der Waals surface area contributed by atoms with Crippen molar-refractivity contribution in [3.8, 4) is 0 Å². The first-order valence-electron chi connectivity index (χ1n) is 4.51. The van der Waals surface area contributed by atoms with E-state index in [0.29, 0.717) is 6.54 Å². The fraction of sp³-hybridized carbons (Fsp3) is 0.625. The Balaban J connectivity index is 4.16. The van der Waals surface area contributed by atoms with Crippen LogP contribution in [-0.4, -0.2) is 48.8 Å². The number of rotatable bonds is 7. The third-order valence-electron chi connectivity index (χ3n) is 1.50. The van der Waals surface area contributed by atoms with E-state index in [4.69, 9.17) is 11.5 Å². The number of carbonyl (C=O) groups is 3. The fourth-order valence-electron chi connectivity index (χ4n) is 1.06. The number of nitrogens with zero attached hydrogens (tertiary/aromatic N) is 1. The molecule has 0 rings (SSSR count). The molecule has 86 valence electrons. The first-order valence-corrected chi connectivity index (χ1v) is 4.51. The van der Waals surface area contributed by atoms with E-state index in [1.165, 1.54) is 4.90 Å². The molecule has 0 unspecified atom stereocenters. The number of likely N-dealkylation sites (N-methyl/N-ethyl adjacent to an activating group) is 1. The van der Waals surface area contributed by atoms with E-state index in [0.717, 1.165) is 0 Å². The van der Waals surface area contributed by atoms with Crippen molar-refractivity contribution in [1.82, 2.24) is 10.2 Å². The predicted octanol–water partition coefficient (Wildman–Crippen LogP) is -2.60. The molecule has 0 aromatic rings. The highest BCUT2D eigenvalue weighted by Gasteiger charge is 2.14. The zero-order valence-electron chi connectivity index (χ0n) is 8.66. The lowest BCUT2D eigenvalue weighted by molar-refractivity contribution is -0.125. The van der Waals surface area contributed by atoms with Crippen LogP contribution in [0.4, 0.5) is 0 Å². The van der Waals surface area contributed by atoms with Gasteiger partial charge in [0.2, 0.25) is 17.7 Å². The Hall–Kier alpha value is -1.63. The molecule has 0 fully saturated rings. The van der Waals surface area contributed by atoms with Gasteiger partial charge < -0.3 is 16.8 Å². The molecule has 0 saturated heterocycles. The van der Waals surface area contributed by atoms with Gasteiger partial charge in [-0.2, -0.15) is 0 Å². The lowest BCUT2D eigenvalue weighted by Crippen LogP contribution is -2.45. The van der Waals surface area contributed by atoms with Gasteiger partial charge in [-0.05, 0) is 6.92 Å². The second-order valence-corrected chi connectivity index (χ2v) is 3.03. The normalized spacial score (nSPS) is 10.0. The Morgan fingerprint density at radius 2 is 1.53 bits per heavy atom. The summed E-state index contributed by atoms with van der Waals surface area (Å²) in [4.78, 5) is 33.7. The Kier molecular flexibility index (Phi) is 6.03. The molecule has 0 aliphatic rings. The molecule has 0 spiro atoms. The molecular weight excluding hydrogens is 200 g/mol. The summed E-state index contributed by atoms with van der Waals surface area (Å²) >= 11 is 0. The van der Waals surface area contributed by atoms with E-state index in [-0.39, 0.29) is 25.5 Å². The van der Waals surface area contributed by atoms with E-state index < -0.39 is 11.8 Å². The molecule has 0 radical (unpaired) electrons. The molecule has 7 heteroatoms. The standard InChI is InChI=1S/C8H16N4O3/c1-2-11-8(15)5-12(3-6(9)13)4-7(10)14/h2-5H2,1H3,(H2,9,13)(H2,10,14)(H,11,15). The van der Waals surface area contributed by atoms with Crippen LogP contribution in [-0.2, 0) is 14.4 Å². The molecule has 0 aromatic heterocycles. The second-order valence-electron chi connectivity index (χ2n) is 3.03. The summed E-state index contributed by atoms with van der Waals surface area (Å²) in [6.45, 7) is 1.85. The maximum atomic E-state index is 11.2. The summed E-state index contributed by atoms with van der Waals surface area (Å²) in [5, 5.41) is 2.54. The van der Waals surface area contributed by atoms with Gasteiger partial charge in [0.05, 0.1) is 19.6 Å². The molecule has 0 aliphatic carbocycles. The molecule has 7 nitrogen and oxygen atoms in total. The van der Waals surface area contributed by atoms with E-state index in [1.54, 1.807) is 6.92 Å². The van der Waals surface area contributed by atoms with Crippen molar-refractivity contribution in [3.63, 3.8) is 0 Å². The van der Waals surface area contributed by atoms with E-state index in [1.807, 2.05) is 0 Å². The smallest absolute Gasteiger partial charge is 0.234 e. The van der Waals surface area contributed by atoms with Crippen LogP contribution < -0.4 is 16.8 Å². The van der Waals surface area contributed by atoms with E-state index in [2.05, 4.69) is 5.32 Å². The van der Waals surface area contributed by atoms with Crippen LogP contribution in [0.3, 0.4) is 0 Å². The van der Waals surface area contributed by atoms with Crippen molar-refractivity contribution in [3.05, 3.63) is 0 Å². The molecule has 3 amide bonds. The Morgan fingerprint density at radius 1 is 1.07 bits per heavy atom. The van der Waals surface area contributed by atoms with Gasteiger partial charge >= 0.3 is 0 Å². The zero-order chi connectivity index (χ0) is 11.8. The van der Waals surface area contributed by atoms with Crippen LogP contribution in [0.2, 0.25) is 0 Å². The van der Waals surface area contributed by atoms with Crippen LogP contribution in [0.5, 0.6) is 0 Å². The number of nitrogens with one attached hydrogen (secondary N) is 1. The van der Waals surface area contributed by atoms with Crippen molar-refractivity contribution in [2.75, 3.05) is 26.2 Å². The Labute approximate surface area is 87.8 Å². The average molecular weight is 216 g/mol. The van der Waals surface area contributed by atoms with Gasteiger partial charge in [0.15, 0.2) is 0 Å². The summed E-state index contributed by atoms with van der Waals surface area (Å²) in [7, 11) is 0. The summed E-state index contributed by atoms with van der Waals surface area (Å²) in [6, 6.07) is 0. The number of hydrogen-bond acceptors (Lipinski definition) is 4. The van der Waals surface area contributed by atoms with Gasteiger partial charge in [0.25, 0.3) is 0 Å². The molecule has 0 aromatic carbocycles. The number of primary amides is 2. The zero-order valence-corrected chi connectivity index (χ0v) is 8.66. The molecule has 15 heavy (non-hydrogen) atoms. The Morgan fingerprint density at radius 3 is 1.87 bits per heavy atom. The van der Waals surface area contributed by atoms with Gasteiger partial charge in [-0.3, -0.25) is 19.3 Å². The first-order chi connectivity index (χ1) is 6.95. The van der Waals surface area contributed by atoms with E-state index in [9.17, 15) is 14.4 Å². The molecule has 0 aliphatic heterocycles. The van der Waals surface area contributed by atoms with Crippen molar-refractivity contribution in [2.45, 2.75) is 6.92 Å². The van der Waals surface area contributed by atoms with Gasteiger partial charge in [0.1, 0.15) is 0 Å². The van der Waals surface area contributed by atoms with Crippen molar-refractivity contribution < 1.29 is 14.4 Å². The average Bonchev–Trinajstić information content (AvgIpc) is 2.00. The van der Waals surface area contributed by atoms with Crippen LogP contribution >= 0.6 is 0 Å². The molecule has 0 atom stereocenters. The molecular formula is C8H16N4O3. The molecule has 5 N–H and O–H groups in total. The van der Waals surface area contributed by atoms with Crippen molar-refractivity contribution in [2.24, 2.45) is 11.5 Å². The maximum Gasteiger partial charge on any atom is 0.234 e. The Bertz CT molecular complexity index is 238. The van der Waals surface area contributed by atoms with Crippen LogP contribution in [0.25, 0.3) is 0 Å². The number of amides is 3. The van der Waals surface area contributed by atoms with Gasteiger partial charge in [-0.25, -0.2) is 0 Å². The predicted molar refractivity (Wildman–Crippen MR) is 53.5 cm³/mol. The fourth-order valence-corrected chi connectivity index (χ4v) is 1.06. The topological polar surface area (TPSA) is 119 Å². The van der Waals surface area contributed by atoms with Gasteiger partial charge in [-0.1, -0.05) is 0 Å². The summed E-state index contributed by atoms with van der Waals surface area (Å²) in [5.74, 6) is -1.50. The minimum absolute atomic E-state index is 0.0697. The van der Waals surface area contributed by atoms with Crippen LogP contribution in [0.1, 0.15) is 6.92 Å². The minimum Gasteiger partial charge on any atom is -0.369 e. The van der Waals surface area contributed by atoms with Gasteiger partial charge in [-0.15, -0.1) is 0 Å². The van der Waals surface area contributed by atoms with Crippen LogP contribution in [0.15, 0.2) is 0 Å². The number of nitrogens with two attached hydrogens (primary N) is 2. The third kappa shape index (κ3) is 7.44. The molecule has 0 bridgehead atoms. The monoisotopic (exact) mass is 216 g/mol. The number of carbonyl (C=O) groups excluding carboxylic acids is 3.